The van der Waals surface area contributed by atoms with Crippen LogP contribution in [0.15, 0.2) is 41.7 Å². The van der Waals surface area contributed by atoms with Crippen LogP contribution in [-0.2, 0) is 0 Å². The molecule has 0 aliphatic heterocycles. The second-order valence-electron chi connectivity index (χ2n) is 3.28. The summed E-state index contributed by atoms with van der Waals surface area (Å²) in [7, 11) is 0. The average Bonchev–Trinajstić information content (AvgIpc) is 2.56. The number of nitrogens with zero attached hydrogens (tertiary/aromatic N) is 2. The van der Waals surface area contributed by atoms with Crippen molar-refractivity contribution in [1.82, 2.24) is 8.96 Å². The second-order valence-corrected chi connectivity index (χ2v) is 4.35. The van der Waals surface area contributed by atoms with Gasteiger partial charge < -0.3 is 0 Å². The van der Waals surface area contributed by atoms with Crippen molar-refractivity contribution in [2.24, 2.45) is 0 Å². The summed E-state index contributed by atoms with van der Waals surface area (Å²) in [5.74, 6) is 0. The standard InChI is InChI=1S/C11H12N2S/c1-9-3-5-11(6-4-9)14-13-7-10(2)12-8-13/h3-8H,1-2H3. The highest BCUT2D eigenvalue weighted by Gasteiger charge is 1.96. The molecule has 0 unspecified atom stereocenters. The zero-order chi connectivity index (χ0) is 9.97. The van der Waals surface area contributed by atoms with Crippen LogP contribution < -0.4 is 0 Å². The molecule has 3 heteroatoms. The van der Waals surface area contributed by atoms with E-state index in [-0.39, 0.29) is 0 Å². The summed E-state index contributed by atoms with van der Waals surface area (Å²) in [4.78, 5) is 5.40. The molecule has 0 aliphatic carbocycles. The highest BCUT2D eigenvalue weighted by molar-refractivity contribution is 7.97. The first-order valence-electron chi connectivity index (χ1n) is 4.49. The number of imidazole rings is 1. The SMILES string of the molecule is Cc1ccc(Sn2cnc(C)c2)cc1. The molecule has 0 aliphatic rings. The van der Waals surface area contributed by atoms with E-state index in [4.69, 9.17) is 0 Å². The minimum atomic E-state index is 1.05. The summed E-state index contributed by atoms with van der Waals surface area (Å²) in [5, 5.41) is 0. The van der Waals surface area contributed by atoms with Gasteiger partial charge in [0.2, 0.25) is 0 Å². The summed E-state index contributed by atoms with van der Waals surface area (Å²) in [6.45, 7) is 4.09. The van der Waals surface area contributed by atoms with Crippen LogP contribution in [0.3, 0.4) is 0 Å². The lowest BCUT2D eigenvalue weighted by molar-refractivity contribution is 1.21. The highest BCUT2D eigenvalue weighted by atomic mass is 32.2. The number of aryl methyl sites for hydroxylation is 2. The Morgan fingerprint density at radius 2 is 1.86 bits per heavy atom. The number of hydrogen-bond donors (Lipinski definition) is 0. The van der Waals surface area contributed by atoms with E-state index in [0.717, 1.165) is 5.69 Å². The molecule has 1 aromatic heterocycles. The van der Waals surface area contributed by atoms with Crippen LogP contribution in [0.25, 0.3) is 0 Å². The number of hydrogen-bond acceptors (Lipinski definition) is 2. The summed E-state index contributed by atoms with van der Waals surface area (Å²) in [6.07, 6.45) is 3.85. The molecule has 0 saturated heterocycles. The third-order valence-electron chi connectivity index (χ3n) is 1.92. The van der Waals surface area contributed by atoms with Crippen LogP contribution in [-0.4, -0.2) is 8.96 Å². The first-order chi connectivity index (χ1) is 6.74. The first-order valence-corrected chi connectivity index (χ1v) is 5.27. The molecular weight excluding hydrogens is 192 g/mol. The molecule has 2 nitrogen and oxygen atoms in total. The van der Waals surface area contributed by atoms with E-state index < -0.39 is 0 Å². The van der Waals surface area contributed by atoms with Gasteiger partial charge in [0, 0.05) is 11.1 Å². The van der Waals surface area contributed by atoms with Gasteiger partial charge in [0.05, 0.1) is 5.69 Å². The second kappa shape index (κ2) is 3.88. The van der Waals surface area contributed by atoms with Gasteiger partial charge in [0.25, 0.3) is 0 Å². The van der Waals surface area contributed by atoms with Crippen molar-refractivity contribution in [3.8, 4) is 0 Å². The lowest BCUT2D eigenvalue weighted by atomic mass is 10.2. The van der Waals surface area contributed by atoms with E-state index >= 15 is 0 Å². The fraction of sp³-hybridized carbons (Fsp3) is 0.182. The first kappa shape index (κ1) is 9.34. The highest BCUT2D eigenvalue weighted by Crippen LogP contribution is 2.20. The van der Waals surface area contributed by atoms with E-state index in [2.05, 4.69) is 36.2 Å². The summed E-state index contributed by atoms with van der Waals surface area (Å²) in [6, 6.07) is 8.48. The van der Waals surface area contributed by atoms with E-state index in [9.17, 15) is 0 Å². The lowest BCUT2D eigenvalue weighted by Gasteiger charge is -2.00. The Balaban J connectivity index is 2.15. The third-order valence-corrected chi connectivity index (χ3v) is 2.81. The van der Waals surface area contributed by atoms with Crippen molar-refractivity contribution in [1.29, 1.82) is 0 Å². The van der Waals surface area contributed by atoms with E-state index in [0.29, 0.717) is 0 Å². The van der Waals surface area contributed by atoms with Crippen LogP contribution >= 0.6 is 11.9 Å². The van der Waals surface area contributed by atoms with E-state index in [1.54, 1.807) is 11.9 Å². The number of rotatable bonds is 2. The minimum absolute atomic E-state index is 1.05. The fourth-order valence-electron chi connectivity index (χ4n) is 1.17. The molecule has 0 N–H and O–H groups in total. The molecule has 0 spiro atoms. The molecule has 14 heavy (non-hydrogen) atoms. The van der Waals surface area contributed by atoms with Crippen LogP contribution in [0.4, 0.5) is 0 Å². The Morgan fingerprint density at radius 3 is 2.43 bits per heavy atom. The monoisotopic (exact) mass is 204 g/mol. The van der Waals surface area contributed by atoms with Gasteiger partial charge in [0.15, 0.2) is 0 Å². The van der Waals surface area contributed by atoms with Crippen molar-refractivity contribution >= 4 is 11.9 Å². The van der Waals surface area contributed by atoms with Gasteiger partial charge in [-0.05, 0) is 37.9 Å². The van der Waals surface area contributed by atoms with Crippen molar-refractivity contribution in [3.63, 3.8) is 0 Å². The van der Waals surface area contributed by atoms with Crippen LogP contribution in [0.1, 0.15) is 11.3 Å². The number of benzene rings is 1. The van der Waals surface area contributed by atoms with E-state index in [1.807, 2.05) is 23.4 Å². The maximum atomic E-state index is 4.17. The molecule has 72 valence electrons. The average molecular weight is 204 g/mol. The zero-order valence-corrected chi connectivity index (χ0v) is 9.08. The van der Waals surface area contributed by atoms with Crippen molar-refractivity contribution < 1.29 is 0 Å². The normalized spacial score (nSPS) is 10.4. The topological polar surface area (TPSA) is 17.8 Å². The van der Waals surface area contributed by atoms with Crippen LogP contribution in [0.5, 0.6) is 0 Å². The molecule has 0 atom stereocenters. The lowest BCUT2D eigenvalue weighted by Crippen LogP contribution is -1.81. The molecule has 1 heterocycles. The molecule has 0 fully saturated rings. The molecular formula is C11H12N2S. The number of aromatic nitrogens is 2. The maximum absolute atomic E-state index is 4.17. The largest absolute Gasteiger partial charge is 0.276 e. The van der Waals surface area contributed by atoms with E-state index in [1.165, 1.54) is 10.5 Å². The predicted octanol–water partition coefficient (Wildman–Crippen LogP) is 3.06. The molecule has 2 aromatic rings. The summed E-state index contributed by atoms with van der Waals surface area (Å²) >= 11 is 1.67. The third kappa shape index (κ3) is 2.17. The van der Waals surface area contributed by atoms with Crippen molar-refractivity contribution in [2.75, 3.05) is 0 Å². The molecule has 0 saturated carbocycles. The summed E-state index contributed by atoms with van der Waals surface area (Å²) in [5.41, 5.74) is 2.33. The Kier molecular flexibility index (Phi) is 2.59. The molecule has 0 radical (unpaired) electrons. The quantitative estimate of drug-likeness (QED) is 0.748. The van der Waals surface area contributed by atoms with Gasteiger partial charge in [-0.1, -0.05) is 17.7 Å². The van der Waals surface area contributed by atoms with Gasteiger partial charge in [-0.3, -0.25) is 3.97 Å². The Bertz CT molecular complexity index is 417. The minimum Gasteiger partial charge on any atom is -0.276 e. The Morgan fingerprint density at radius 1 is 1.14 bits per heavy atom. The van der Waals surface area contributed by atoms with Crippen molar-refractivity contribution in [3.05, 3.63) is 48.0 Å². The molecule has 1 aromatic carbocycles. The maximum Gasteiger partial charge on any atom is 0.105 e. The van der Waals surface area contributed by atoms with Gasteiger partial charge in [0.1, 0.15) is 6.33 Å². The molecule has 0 bridgehead atoms. The Hall–Kier alpha value is -1.22. The summed E-state index contributed by atoms with van der Waals surface area (Å²) < 4.78 is 2.01. The smallest absolute Gasteiger partial charge is 0.105 e. The van der Waals surface area contributed by atoms with Gasteiger partial charge in [-0.15, -0.1) is 0 Å². The predicted molar refractivity (Wildman–Crippen MR) is 59.4 cm³/mol. The van der Waals surface area contributed by atoms with Gasteiger partial charge in [-0.2, -0.15) is 0 Å². The fourth-order valence-corrected chi connectivity index (χ4v) is 1.97. The van der Waals surface area contributed by atoms with Crippen molar-refractivity contribution in [2.45, 2.75) is 18.7 Å². The van der Waals surface area contributed by atoms with Crippen LogP contribution in [0.2, 0.25) is 0 Å². The zero-order valence-electron chi connectivity index (χ0n) is 8.27. The Labute approximate surface area is 88.1 Å². The van der Waals surface area contributed by atoms with Gasteiger partial charge in [-0.25, -0.2) is 4.98 Å². The molecule has 2 rings (SSSR count). The van der Waals surface area contributed by atoms with Crippen LogP contribution in [0, 0.1) is 13.8 Å². The van der Waals surface area contributed by atoms with Gasteiger partial charge >= 0.3 is 0 Å². The molecule has 0 amide bonds.